The molecule has 2 aromatic heterocycles. The number of rotatable bonds is 9. The average molecular weight is 520 g/mol. The summed E-state index contributed by atoms with van der Waals surface area (Å²) in [6.07, 6.45) is 4.86. The van der Waals surface area contributed by atoms with Gasteiger partial charge in [-0.1, -0.05) is 29.8 Å². The Kier molecular flexibility index (Phi) is 7.64. The van der Waals surface area contributed by atoms with Gasteiger partial charge in [-0.25, -0.2) is 14.4 Å². The maximum absolute atomic E-state index is 13.8. The van der Waals surface area contributed by atoms with Gasteiger partial charge in [0.25, 0.3) is 5.91 Å². The van der Waals surface area contributed by atoms with Crippen LogP contribution in [-0.4, -0.2) is 55.4 Å². The fourth-order valence-corrected chi connectivity index (χ4v) is 4.11. The van der Waals surface area contributed by atoms with Crippen LogP contribution in [0.4, 0.5) is 10.2 Å². The zero-order valence-electron chi connectivity index (χ0n) is 20.5. The highest BCUT2D eigenvalue weighted by molar-refractivity contribution is 5.95. The van der Waals surface area contributed by atoms with Gasteiger partial charge in [-0.3, -0.25) is 9.69 Å². The van der Waals surface area contributed by atoms with Crippen molar-refractivity contribution in [2.24, 2.45) is 5.10 Å². The second-order valence-electron chi connectivity index (χ2n) is 8.75. The lowest BCUT2D eigenvalue weighted by Crippen LogP contribution is -2.31. The van der Waals surface area contributed by atoms with Gasteiger partial charge in [-0.15, -0.1) is 5.10 Å². The van der Waals surface area contributed by atoms with Gasteiger partial charge in [0.05, 0.1) is 6.21 Å². The van der Waals surface area contributed by atoms with Gasteiger partial charge in [0.15, 0.2) is 5.69 Å². The van der Waals surface area contributed by atoms with Crippen LogP contribution in [0.5, 0.6) is 5.75 Å². The third-order valence-electron chi connectivity index (χ3n) is 6.09. The van der Waals surface area contributed by atoms with Crippen LogP contribution in [0.2, 0.25) is 0 Å². The quantitative estimate of drug-likeness (QED) is 0.251. The molecule has 12 nitrogen and oxygen atoms in total. The van der Waals surface area contributed by atoms with Gasteiger partial charge in [0, 0.05) is 12.1 Å². The van der Waals surface area contributed by atoms with Crippen molar-refractivity contribution >= 4 is 17.9 Å². The van der Waals surface area contributed by atoms with E-state index in [0.29, 0.717) is 29.1 Å². The number of aromatic nitrogens is 5. The van der Waals surface area contributed by atoms with Crippen LogP contribution in [0, 0.1) is 5.82 Å². The minimum atomic E-state index is -0.537. The zero-order chi connectivity index (χ0) is 26.3. The second kappa shape index (κ2) is 11.6. The number of halogens is 1. The van der Waals surface area contributed by atoms with Crippen LogP contribution >= 0.6 is 0 Å². The second-order valence-corrected chi connectivity index (χ2v) is 8.75. The molecular formula is C25H26FN9O3. The van der Waals surface area contributed by atoms with Crippen molar-refractivity contribution in [3.05, 3.63) is 76.9 Å². The summed E-state index contributed by atoms with van der Waals surface area (Å²) in [4.78, 5) is 15.4. The first-order valence-corrected chi connectivity index (χ1v) is 12.1. The van der Waals surface area contributed by atoms with E-state index < -0.39 is 5.91 Å². The first-order valence-electron chi connectivity index (χ1n) is 12.1. The normalized spacial score (nSPS) is 14.1. The molecule has 1 amide bonds. The summed E-state index contributed by atoms with van der Waals surface area (Å²) in [5.74, 6) is -0.224. The number of nitrogens with two attached hydrogens (primary N) is 1. The number of anilines is 1. The molecule has 3 N–H and O–H groups in total. The van der Waals surface area contributed by atoms with Gasteiger partial charge in [0.1, 0.15) is 23.9 Å². The lowest BCUT2D eigenvalue weighted by Gasteiger charge is -2.25. The summed E-state index contributed by atoms with van der Waals surface area (Å²) in [5.41, 5.74) is 10.2. The Balaban J connectivity index is 1.26. The number of carbonyl (C=O) groups is 1. The van der Waals surface area contributed by atoms with Crippen molar-refractivity contribution < 1.29 is 18.6 Å². The van der Waals surface area contributed by atoms with Crippen LogP contribution in [0.3, 0.4) is 0 Å². The highest BCUT2D eigenvalue weighted by Crippen LogP contribution is 2.19. The number of hydrogen-bond acceptors (Lipinski definition) is 10. The predicted molar refractivity (Wildman–Crippen MR) is 135 cm³/mol. The molecule has 1 aliphatic rings. The highest BCUT2D eigenvalue weighted by atomic mass is 19.1. The van der Waals surface area contributed by atoms with Gasteiger partial charge < -0.3 is 10.5 Å². The van der Waals surface area contributed by atoms with Gasteiger partial charge in [0.2, 0.25) is 11.6 Å². The summed E-state index contributed by atoms with van der Waals surface area (Å²) in [6, 6.07) is 13.5. The molecule has 1 aliphatic heterocycles. The van der Waals surface area contributed by atoms with E-state index >= 15 is 0 Å². The molecule has 4 aromatic rings. The lowest BCUT2D eigenvalue weighted by molar-refractivity contribution is 0.0944. The number of piperidine rings is 1. The first-order chi connectivity index (χ1) is 18.6. The number of nitrogen functional groups attached to an aromatic ring is 1. The molecule has 0 aliphatic carbocycles. The molecule has 0 radical (unpaired) electrons. The zero-order valence-corrected chi connectivity index (χ0v) is 20.5. The largest absolute Gasteiger partial charge is 0.489 e. The summed E-state index contributed by atoms with van der Waals surface area (Å²) in [7, 11) is 0. The molecule has 38 heavy (non-hydrogen) atoms. The summed E-state index contributed by atoms with van der Waals surface area (Å²) >= 11 is 0. The van der Waals surface area contributed by atoms with Crippen molar-refractivity contribution in [2.75, 3.05) is 18.8 Å². The number of nitrogens with zero attached hydrogens (tertiary/aromatic N) is 7. The maximum atomic E-state index is 13.8. The highest BCUT2D eigenvalue weighted by Gasteiger charge is 2.26. The van der Waals surface area contributed by atoms with E-state index in [-0.39, 0.29) is 29.8 Å². The molecule has 196 valence electrons. The Morgan fingerprint density at radius 1 is 1.13 bits per heavy atom. The van der Waals surface area contributed by atoms with Crippen molar-refractivity contribution in [1.82, 2.24) is 35.6 Å². The minimum Gasteiger partial charge on any atom is -0.489 e. The Morgan fingerprint density at radius 2 is 1.92 bits per heavy atom. The molecule has 5 rings (SSSR count). The van der Waals surface area contributed by atoms with Crippen molar-refractivity contribution in [3.63, 3.8) is 0 Å². The fourth-order valence-electron chi connectivity index (χ4n) is 4.11. The fraction of sp³-hybridized carbons (Fsp3) is 0.280. The number of amides is 1. The number of hydrogen-bond donors (Lipinski definition) is 2. The standard InChI is InChI=1S/C25H26FN9O3/c26-20-7-3-2-6-18(20)16-37-19-10-8-17(9-11-19)14-28-30-25(36)22-21(15-34-12-4-1-5-13-34)29-33-35(22)24-23(27)31-38-32-24/h2-3,6-11,14H,1,4-5,12-13,15-16H2,(H2,27,31)(H,30,36)/b28-14+. The molecule has 2 aromatic carbocycles. The smallest absolute Gasteiger partial charge is 0.292 e. The third kappa shape index (κ3) is 5.83. The van der Waals surface area contributed by atoms with E-state index in [1.807, 2.05) is 0 Å². The molecule has 0 bridgehead atoms. The van der Waals surface area contributed by atoms with E-state index in [1.165, 1.54) is 23.4 Å². The number of ether oxygens (including phenoxy) is 1. The topological polar surface area (TPSA) is 150 Å². The van der Waals surface area contributed by atoms with Crippen LogP contribution in [0.1, 0.15) is 46.6 Å². The molecule has 0 atom stereocenters. The summed E-state index contributed by atoms with van der Waals surface area (Å²) in [5, 5.41) is 19.7. The molecule has 13 heteroatoms. The first kappa shape index (κ1) is 25.0. The third-order valence-corrected chi connectivity index (χ3v) is 6.09. The molecule has 0 saturated carbocycles. The molecule has 3 heterocycles. The van der Waals surface area contributed by atoms with E-state index in [1.54, 1.807) is 42.5 Å². The summed E-state index contributed by atoms with van der Waals surface area (Å²) < 4.78 is 25.3. The van der Waals surface area contributed by atoms with Crippen LogP contribution in [0.15, 0.2) is 58.3 Å². The van der Waals surface area contributed by atoms with Crippen LogP contribution in [0.25, 0.3) is 5.82 Å². The van der Waals surface area contributed by atoms with Gasteiger partial charge in [-0.2, -0.15) is 9.78 Å². The van der Waals surface area contributed by atoms with Crippen molar-refractivity contribution in [3.8, 4) is 11.6 Å². The Morgan fingerprint density at radius 3 is 2.66 bits per heavy atom. The molecule has 0 spiro atoms. The van der Waals surface area contributed by atoms with Gasteiger partial charge >= 0.3 is 0 Å². The molecular weight excluding hydrogens is 493 g/mol. The van der Waals surface area contributed by atoms with E-state index in [4.69, 9.17) is 10.5 Å². The Bertz CT molecular complexity index is 1410. The van der Waals surface area contributed by atoms with Crippen molar-refractivity contribution in [1.29, 1.82) is 0 Å². The number of carbonyl (C=O) groups excluding carboxylic acids is 1. The Hall–Kier alpha value is -4.65. The number of hydrazone groups is 1. The van der Waals surface area contributed by atoms with Crippen LogP contribution in [-0.2, 0) is 13.2 Å². The number of benzene rings is 2. The van der Waals surface area contributed by atoms with Gasteiger partial charge in [-0.05, 0) is 72.1 Å². The van der Waals surface area contributed by atoms with Crippen molar-refractivity contribution in [2.45, 2.75) is 32.4 Å². The molecule has 1 fully saturated rings. The molecule has 0 unspecified atom stereocenters. The monoisotopic (exact) mass is 519 g/mol. The number of likely N-dealkylation sites (tertiary alicyclic amines) is 1. The van der Waals surface area contributed by atoms with E-state index in [0.717, 1.165) is 25.9 Å². The van der Waals surface area contributed by atoms with Crippen LogP contribution < -0.4 is 15.9 Å². The SMILES string of the molecule is Nc1nonc1-n1nnc(CN2CCCCC2)c1C(=O)N/N=C/c1ccc(OCc2ccccc2F)cc1. The minimum absolute atomic E-state index is 0.0192. The van der Waals surface area contributed by atoms with E-state index in [2.05, 4.69) is 40.7 Å². The number of nitrogens with one attached hydrogen (secondary N) is 1. The predicted octanol–water partition coefficient (Wildman–Crippen LogP) is 2.70. The lowest BCUT2D eigenvalue weighted by atomic mass is 10.1. The van der Waals surface area contributed by atoms with E-state index in [9.17, 15) is 9.18 Å². The Labute approximate surface area is 217 Å². The average Bonchev–Trinajstić information content (AvgIpc) is 3.55. The molecule has 1 saturated heterocycles. The summed E-state index contributed by atoms with van der Waals surface area (Å²) in [6.45, 7) is 2.40. The maximum Gasteiger partial charge on any atom is 0.292 e.